The SMILES string of the molecule is CC(C)CCC(O)Cc1c(F)ccc(Br)c1F. The minimum atomic E-state index is -0.698. The van der Waals surface area contributed by atoms with Crippen LogP contribution in [0.4, 0.5) is 8.78 Å². The van der Waals surface area contributed by atoms with Crippen molar-refractivity contribution in [3.8, 4) is 0 Å². The maximum absolute atomic E-state index is 13.6. The third-order valence-electron chi connectivity index (χ3n) is 2.66. The lowest BCUT2D eigenvalue weighted by molar-refractivity contribution is 0.154. The summed E-state index contributed by atoms with van der Waals surface area (Å²) in [5.74, 6) is -0.746. The van der Waals surface area contributed by atoms with Gasteiger partial charge in [-0.2, -0.15) is 0 Å². The molecule has 1 atom stereocenters. The van der Waals surface area contributed by atoms with E-state index in [0.29, 0.717) is 12.3 Å². The number of benzene rings is 1. The molecule has 0 aliphatic heterocycles. The third-order valence-corrected chi connectivity index (χ3v) is 3.27. The second-order valence-corrected chi connectivity index (χ2v) is 5.51. The highest BCUT2D eigenvalue weighted by Crippen LogP contribution is 2.23. The highest BCUT2D eigenvalue weighted by atomic mass is 79.9. The van der Waals surface area contributed by atoms with Crippen LogP contribution >= 0.6 is 15.9 Å². The summed E-state index contributed by atoms with van der Waals surface area (Å²) >= 11 is 3.01. The van der Waals surface area contributed by atoms with E-state index in [1.165, 1.54) is 12.1 Å². The first-order valence-electron chi connectivity index (χ1n) is 5.72. The van der Waals surface area contributed by atoms with Crippen LogP contribution in [-0.2, 0) is 6.42 Å². The van der Waals surface area contributed by atoms with Gasteiger partial charge in [-0.25, -0.2) is 8.78 Å². The Labute approximate surface area is 109 Å². The molecule has 0 spiro atoms. The van der Waals surface area contributed by atoms with Crippen LogP contribution in [0.5, 0.6) is 0 Å². The molecular weight excluding hydrogens is 290 g/mol. The summed E-state index contributed by atoms with van der Waals surface area (Å²) in [6.45, 7) is 4.10. The molecule has 1 aromatic carbocycles. The fourth-order valence-corrected chi connectivity index (χ4v) is 1.99. The molecule has 1 unspecified atom stereocenters. The molecule has 0 heterocycles. The lowest BCUT2D eigenvalue weighted by Crippen LogP contribution is -2.14. The molecule has 0 aliphatic rings. The highest BCUT2D eigenvalue weighted by Gasteiger charge is 2.16. The standard InChI is InChI=1S/C13H17BrF2O/c1-8(2)3-4-9(17)7-10-12(15)6-5-11(14)13(10)16/h5-6,8-9,17H,3-4,7H2,1-2H3. The monoisotopic (exact) mass is 306 g/mol. The molecule has 4 heteroatoms. The molecule has 0 fully saturated rings. The average Bonchev–Trinajstić information content (AvgIpc) is 2.27. The normalized spacial score (nSPS) is 13.1. The molecule has 0 bridgehead atoms. The van der Waals surface area contributed by atoms with Crippen LogP contribution in [0, 0.1) is 17.6 Å². The van der Waals surface area contributed by atoms with Gasteiger partial charge in [0.1, 0.15) is 11.6 Å². The van der Waals surface area contributed by atoms with Crippen LogP contribution in [0.1, 0.15) is 32.3 Å². The van der Waals surface area contributed by atoms with Crippen molar-refractivity contribution < 1.29 is 13.9 Å². The van der Waals surface area contributed by atoms with Crippen LogP contribution in [-0.4, -0.2) is 11.2 Å². The van der Waals surface area contributed by atoms with E-state index in [1.807, 2.05) is 13.8 Å². The molecule has 0 aromatic heterocycles. The number of aliphatic hydroxyl groups excluding tert-OH is 1. The molecule has 17 heavy (non-hydrogen) atoms. The molecule has 0 radical (unpaired) electrons. The third kappa shape index (κ3) is 4.36. The predicted octanol–water partition coefficient (Wildman–Crippen LogP) is 4.07. The zero-order valence-corrected chi connectivity index (χ0v) is 11.6. The Morgan fingerprint density at radius 3 is 2.47 bits per heavy atom. The van der Waals surface area contributed by atoms with Gasteiger partial charge in [0.2, 0.25) is 0 Å². The van der Waals surface area contributed by atoms with Gasteiger partial charge < -0.3 is 5.11 Å². The zero-order valence-electron chi connectivity index (χ0n) is 10.0. The molecule has 0 aliphatic carbocycles. The Balaban J connectivity index is 2.71. The zero-order chi connectivity index (χ0) is 13.0. The summed E-state index contributed by atoms with van der Waals surface area (Å²) in [7, 11) is 0. The van der Waals surface area contributed by atoms with E-state index in [4.69, 9.17) is 0 Å². The van der Waals surface area contributed by atoms with Crippen LogP contribution in [0.3, 0.4) is 0 Å². The summed E-state index contributed by atoms with van der Waals surface area (Å²) in [6, 6.07) is 2.53. The number of halogens is 3. The van der Waals surface area contributed by atoms with E-state index in [9.17, 15) is 13.9 Å². The van der Waals surface area contributed by atoms with Crippen LogP contribution in [0.2, 0.25) is 0 Å². The summed E-state index contributed by atoms with van der Waals surface area (Å²) in [4.78, 5) is 0. The van der Waals surface area contributed by atoms with Crippen molar-refractivity contribution in [1.82, 2.24) is 0 Å². The summed E-state index contributed by atoms with van der Waals surface area (Å²) < 4.78 is 27.3. The van der Waals surface area contributed by atoms with Crippen molar-refractivity contribution in [2.24, 2.45) is 5.92 Å². The van der Waals surface area contributed by atoms with Crippen LogP contribution in [0.25, 0.3) is 0 Å². The van der Waals surface area contributed by atoms with E-state index < -0.39 is 17.7 Å². The molecule has 0 saturated carbocycles. The van der Waals surface area contributed by atoms with Gasteiger partial charge in [-0.15, -0.1) is 0 Å². The second-order valence-electron chi connectivity index (χ2n) is 4.65. The van der Waals surface area contributed by atoms with Gasteiger partial charge in [0.25, 0.3) is 0 Å². The van der Waals surface area contributed by atoms with E-state index in [-0.39, 0.29) is 16.5 Å². The fourth-order valence-electron chi connectivity index (χ4n) is 1.62. The largest absolute Gasteiger partial charge is 0.393 e. The summed E-state index contributed by atoms with van der Waals surface area (Å²) in [6.07, 6.45) is 0.723. The molecule has 0 saturated heterocycles. The fraction of sp³-hybridized carbons (Fsp3) is 0.538. The Hall–Kier alpha value is -0.480. The first-order valence-corrected chi connectivity index (χ1v) is 6.51. The van der Waals surface area contributed by atoms with E-state index >= 15 is 0 Å². The lowest BCUT2D eigenvalue weighted by Gasteiger charge is -2.13. The van der Waals surface area contributed by atoms with Gasteiger partial charge in [0.05, 0.1) is 10.6 Å². The van der Waals surface area contributed by atoms with E-state index in [1.54, 1.807) is 0 Å². The smallest absolute Gasteiger partial charge is 0.143 e. The summed E-state index contributed by atoms with van der Waals surface area (Å²) in [5, 5.41) is 9.74. The first-order chi connectivity index (χ1) is 7.91. The molecule has 0 amide bonds. The molecule has 1 aromatic rings. The van der Waals surface area contributed by atoms with Crippen molar-refractivity contribution in [2.75, 3.05) is 0 Å². The predicted molar refractivity (Wildman–Crippen MR) is 67.8 cm³/mol. The van der Waals surface area contributed by atoms with Crippen LogP contribution in [0.15, 0.2) is 16.6 Å². The van der Waals surface area contributed by atoms with Gasteiger partial charge in [-0.3, -0.25) is 0 Å². The minimum absolute atomic E-state index is 0.0177. The molecule has 96 valence electrons. The molecule has 1 nitrogen and oxygen atoms in total. The molecule has 1 N–H and O–H groups in total. The van der Waals surface area contributed by atoms with Crippen molar-refractivity contribution in [3.63, 3.8) is 0 Å². The van der Waals surface area contributed by atoms with Gasteiger partial charge in [0, 0.05) is 12.0 Å². The number of hydrogen-bond donors (Lipinski definition) is 1. The Morgan fingerprint density at radius 2 is 1.88 bits per heavy atom. The first kappa shape index (κ1) is 14.6. The van der Waals surface area contributed by atoms with Gasteiger partial charge >= 0.3 is 0 Å². The quantitative estimate of drug-likeness (QED) is 0.813. The average molecular weight is 307 g/mol. The second kappa shape index (κ2) is 6.45. The van der Waals surface area contributed by atoms with Crippen molar-refractivity contribution in [1.29, 1.82) is 0 Å². The minimum Gasteiger partial charge on any atom is -0.393 e. The highest BCUT2D eigenvalue weighted by molar-refractivity contribution is 9.10. The summed E-state index contributed by atoms with van der Waals surface area (Å²) in [5.41, 5.74) is -0.0457. The Kier molecular flexibility index (Phi) is 5.53. The topological polar surface area (TPSA) is 20.2 Å². The maximum Gasteiger partial charge on any atom is 0.143 e. The van der Waals surface area contributed by atoms with E-state index in [0.717, 1.165) is 6.42 Å². The lowest BCUT2D eigenvalue weighted by atomic mass is 9.99. The van der Waals surface area contributed by atoms with Crippen molar-refractivity contribution in [3.05, 3.63) is 33.8 Å². The van der Waals surface area contributed by atoms with Gasteiger partial charge in [-0.05, 0) is 46.8 Å². The number of aliphatic hydroxyl groups is 1. The molecular formula is C13H17BrF2O. The number of rotatable bonds is 5. The van der Waals surface area contributed by atoms with Gasteiger partial charge in [0.15, 0.2) is 0 Å². The molecule has 1 rings (SSSR count). The Bertz CT molecular complexity index is 380. The van der Waals surface area contributed by atoms with Crippen molar-refractivity contribution >= 4 is 15.9 Å². The van der Waals surface area contributed by atoms with Crippen LogP contribution < -0.4 is 0 Å². The Morgan fingerprint density at radius 1 is 1.24 bits per heavy atom. The maximum atomic E-state index is 13.6. The van der Waals surface area contributed by atoms with E-state index in [2.05, 4.69) is 15.9 Å². The van der Waals surface area contributed by atoms with Crippen molar-refractivity contribution in [2.45, 2.75) is 39.2 Å². The van der Waals surface area contributed by atoms with Gasteiger partial charge in [-0.1, -0.05) is 13.8 Å². The number of hydrogen-bond acceptors (Lipinski definition) is 1.